The van der Waals surface area contributed by atoms with Crippen molar-refractivity contribution in [1.82, 2.24) is 0 Å². The van der Waals surface area contributed by atoms with Gasteiger partial charge in [-0.3, -0.25) is 14.6 Å². The lowest BCUT2D eigenvalue weighted by Crippen LogP contribution is -2.29. The smallest absolute Gasteiger partial charge is 0.186 e. The van der Waals surface area contributed by atoms with Gasteiger partial charge < -0.3 is 0 Å². The summed E-state index contributed by atoms with van der Waals surface area (Å²) in [4.78, 5) is 31.1. The van der Waals surface area contributed by atoms with Crippen LogP contribution in [0.3, 0.4) is 0 Å². The normalized spacial score (nSPS) is 18.8. The number of Topliss-reactive ketones (excluding diaryl/α,β-unsaturated/α-hetero) is 2. The Hall–Kier alpha value is -2.29. The second-order valence-corrected chi connectivity index (χ2v) is 13.1. The molecule has 3 nitrogen and oxygen atoms in total. The monoisotopic (exact) mass is 435 g/mol. The van der Waals surface area contributed by atoms with E-state index in [4.69, 9.17) is 4.99 Å². The molecular weight excluding hydrogens is 394 g/mol. The lowest BCUT2D eigenvalue weighted by molar-refractivity contribution is -0.114. The maximum Gasteiger partial charge on any atom is 0.186 e. The highest BCUT2D eigenvalue weighted by Crippen LogP contribution is 2.39. The summed E-state index contributed by atoms with van der Waals surface area (Å²) < 4.78 is 0. The minimum absolute atomic E-state index is 0.102. The standard InChI is InChI=1S/C29H41NO2/c1-26(2,3)20-13-18(14-21(24(20)31)27(4,5)6)17-30-19-15-22(28(7,8)9)25(32)23(16-19)29(10,11)12/h13-17H,1-12H3. The number of carbonyl (C=O) groups excluding carboxylic acids is 2. The minimum Gasteiger partial charge on any atom is -0.289 e. The van der Waals surface area contributed by atoms with Crippen molar-refractivity contribution in [3.05, 3.63) is 58.4 Å². The SMILES string of the molecule is CC(C)(C)C1=CC(=CN=C2C=C(C(C)(C)C)C(=O)C(C(C)(C)C)=C2)C=C(C(C)(C)C)C1=O. The van der Waals surface area contributed by atoms with E-state index in [1.807, 2.05) is 30.5 Å². The first-order valence-corrected chi connectivity index (χ1v) is 11.5. The molecule has 3 heteroatoms. The van der Waals surface area contributed by atoms with E-state index in [-0.39, 0.29) is 33.2 Å². The van der Waals surface area contributed by atoms with Crippen molar-refractivity contribution in [2.24, 2.45) is 26.7 Å². The van der Waals surface area contributed by atoms with E-state index in [0.29, 0.717) is 0 Å². The summed E-state index contributed by atoms with van der Waals surface area (Å²) in [6.45, 7) is 24.7. The van der Waals surface area contributed by atoms with E-state index in [2.05, 4.69) is 83.1 Å². The number of hydrogen-bond donors (Lipinski definition) is 0. The van der Waals surface area contributed by atoms with Gasteiger partial charge in [0, 0.05) is 28.5 Å². The van der Waals surface area contributed by atoms with E-state index in [0.717, 1.165) is 33.6 Å². The third kappa shape index (κ3) is 5.74. The lowest BCUT2D eigenvalue weighted by Gasteiger charge is -2.31. The van der Waals surface area contributed by atoms with Crippen LogP contribution in [-0.2, 0) is 9.59 Å². The van der Waals surface area contributed by atoms with Gasteiger partial charge >= 0.3 is 0 Å². The van der Waals surface area contributed by atoms with Crippen molar-refractivity contribution in [2.45, 2.75) is 83.1 Å². The Kier molecular flexibility index (Phi) is 6.69. The molecule has 0 saturated carbocycles. The van der Waals surface area contributed by atoms with E-state index in [1.165, 1.54) is 0 Å². The largest absolute Gasteiger partial charge is 0.289 e. The van der Waals surface area contributed by atoms with Crippen LogP contribution in [0.4, 0.5) is 0 Å². The van der Waals surface area contributed by atoms with Crippen molar-refractivity contribution in [3.8, 4) is 0 Å². The predicted octanol–water partition coefficient (Wildman–Crippen LogP) is 7.37. The van der Waals surface area contributed by atoms with Gasteiger partial charge in [0.25, 0.3) is 0 Å². The molecule has 0 aromatic heterocycles. The van der Waals surface area contributed by atoms with Gasteiger partial charge in [-0.1, -0.05) is 83.1 Å². The van der Waals surface area contributed by atoms with Gasteiger partial charge in [-0.05, 0) is 51.5 Å². The van der Waals surface area contributed by atoms with Crippen LogP contribution in [0.1, 0.15) is 83.1 Å². The van der Waals surface area contributed by atoms with E-state index >= 15 is 0 Å². The summed E-state index contributed by atoms with van der Waals surface area (Å²) in [6, 6.07) is 0. The summed E-state index contributed by atoms with van der Waals surface area (Å²) >= 11 is 0. The first kappa shape index (κ1) is 26.0. The average molecular weight is 436 g/mol. The van der Waals surface area contributed by atoms with Crippen molar-refractivity contribution in [3.63, 3.8) is 0 Å². The minimum atomic E-state index is -0.272. The van der Waals surface area contributed by atoms with Gasteiger partial charge in [0.2, 0.25) is 0 Å². The maximum absolute atomic E-state index is 13.2. The van der Waals surface area contributed by atoms with Crippen LogP contribution in [0.5, 0.6) is 0 Å². The van der Waals surface area contributed by atoms with Crippen LogP contribution in [0, 0.1) is 21.7 Å². The molecule has 32 heavy (non-hydrogen) atoms. The number of nitrogens with zero attached hydrogens (tertiary/aromatic N) is 1. The Morgan fingerprint density at radius 2 is 0.812 bits per heavy atom. The first-order chi connectivity index (χ1) is 14.2. The molecule has 0 N–H and O–H groups in total. The molecule has 0 atom stereocenters. The number of ketones is 2. The molecule has 0 unspecified atom stereocenters. The number of allylic oxidation sites excluding steroid dienone is 9. The molecule has 0 aromatic carbocycles. The molecule has 2 aliphatic rings. The highest BCUT2D eigenvalue weighted by Gasteiger charge is 2.35. The number of hydrogen-bond acceptors (Lipinski definition) is 3. The molecule has 0 bridgehead atoms. The van der Waals surface area contributed by atoms with Crippen LogP contribution in [0.25, 0.3) is 0 Å². The predicted molar refractivity (Wildman–Crippen MR) is 136 cm³/mol. The topological polar surface area (TPSA) is 46.5 Å². The molecule has 0 aliphatic heterocycles. The number of carbonyl (C=O) groups is 2. The maximum atomic E-state index is 13.2. The summed E-state index contributed by atoms with van der Waals surface area (Å²) in [6.07, 6.45) is 9.55. The fourth-order valence-corrected chi connectivity index (χ4v) is 3.79. The van der Waals surface area contributed by atoms with Crippen LogP contribution in [-0.4, -0.2) is 17.3 Å². The molecule has 174 valence electrons. The van der Waals surface area contributed by atoms with Gasteiger partial charge in [0.05, 0.1) is 5.71 Å². The van der Waals surface area contributed by atoms with E-state index in [1.54, 1.807) is 0 Å². The number of rotatable bonds is 1. The highest BCUT2D eigenvalue weighted by molar-refractivity contribution is 6.23. The van der Waals surface area contributed by atoms with Gasteiger partial charge in [-0.2, -0.15) is 0 Å². The zero-order valence-electron chi connectivity index (χ0n) is 22.2. The number of aliphatic imine (C=N–C) groups is 1. The zero-order valence-corrected chi connectivity index (χ0v) is 22.2. The van der Waals surface area contributed by atoms with Crippen molar-refractivity contribution < 1.29 is 9.59 Å². The lowest BCUT2D eigenvalue weighted by atomic mass is 9.72. The van der Waals surface area contributed by atoms with Crippen molar-refractivity contribution >= 4 is 17.3 Å². The Morgan fingerprint density at radius 1 is 0.531 bits per heavy atom. The summed E-state index contributed by atoms with van der Waals surface area (Å²) in [5.41, 5.74) is 3.75. The summed E-state index contributed by atoms with van der Waals surface area (Å²) in [7, 11) is 0. The second-order valence-electron chi connectivity index (χ2n) is 13.1. The molecule has 0 aromatic rings. The molecular formula is C29H41NO2. The van der Waals surface area contributed by atoms with Crippen molar-refractivity contribution in [1.29, 1.82) is 0 Å². The molecule has 0 fully saturated rings. The molecule has 0 radical (unpaired) electrons. The third-order valence-corrected chi connectivity index (χ3v) is 5.78. The fraction of sp³-hybridized carbons (Fsp3) is 0.552. The molecule has 0 saturated heterocycles. The molecule has 0 amide bonds. The van der Waals surface area contributed by atoms with E-state index in [9.17, 15) is 9.59 Å². The molecule has 0 spiro atoms. The van der Waals surface area contributed by atoms with Crippen LogP contribution in [0.2, 0.25) is 0 Å². The third-order valence-electron chi connectivity index (χ3n) is 5.78. The summed E-state index contributed by atoms with van der Waals surface area (Å²) in [5.74, 6) is 0.215. The van der Waals surface area contributed by atoms with E-state index < -0.39 is 0 Å². The molecule has 0 heterocycles. The van der Waals surface area contributed by atoms with Crippen LogP contribution in [0.15, 0.2) is 63.4 Å². The molecule has 2 rings (SSSR count). The van der Waals surface area contributed by atoms with Crippen molar-refractivity contribution in [2.75, 3.05) is 0 Å². The fourth-order valence-electron chi connectivity index (χ4n) is 3.79. The van der Waals surface area contributed by atoms with Gasteiger partial charge in [0.15, 0.2) is 11.6 Å². The second kappa shape index (κ2) is 8.24. The van der Waals surface area contributed by atoms with Crippen LogP contribution >= 0.6 is 0 Å². The van der Waals surface area contributed by atoms with Gasteiger partial charge in [-0.15, -0.1) is 0 Å². The highest BCUT2D eigenvalue weighted by atomic mass is 16.1. The first-order valence-electron chi connectivity index (χ1n) is 11.5. The average Bonchev–Trinajstić information content (AvgIpc) is 2.57. The zero-order chi connectivity index (χ0) is 24.9. The Bertz CT molecular complexity index is 853. The molecule has 2 aliphatic carbocycles. The Labute approximate surface area is 195 Å². The van der Waals surface area contributed by atoms with Gasteiger partial charge in [0.1, 0.15) is 0 Å². The summed E-state index contributed by atoms with van der Waals surface area (Å²) in [5, 5.41) is 0. The van der Waals surface area contributed by atoms with Crippen LogP contribution < -0.4 is 0 Å². The quantitative estimate of drug-likeness (QED) is 0.404. The Morgan fingerprint density at radius 3 is 1.09 bits per heavy atom. The van der Waals surface area contributed by atoms with Gasteiger partial charge in [-0.25, -0.2) is 0 Å². The Balaban J connectivity index is 2.67.